The van der Waals surface area contributed by atoms with E-state index in [9.17, 15) is 4.79 Å². The van der Waals surface area contributed by atoms with Gasteiger partial charge >= 0.3 is 0 Å². The molecule has 2 N–H and O–H groups in total. The van der Waals surface area contributed by atoms with Crippen LogP contribution in [0.15, 0.2) is 0 Å². The van der Waals surface area contributed by atoms with Crippen molar-refractivity contribution in [3.05, 3.63) is 0 Å². The van der Waals surface area contributed by atoms with Crippen molar-refractivity contribution in [2.75, 3.05) is 38.2 Å². The van der Waals surface area contributed by atoms with Crippen LogP contribution in [0.5, 0.6) is 0 Å². The molecule has 5 heteroatoms. The number of rotatable bonds is 6. The van der Waals surface area contributed by atoms with E-state index < -0.39 is 0 Å². The third-order valence-corrected chi connectivity index (χ3v) is 4.02. The third-order valence-electron chi connectivity index (χ3n) is 3.29. The Kier molecular flexibility index (Phi) is 6.92. The SMILES string of the molecule is CCC(CSC)NC(=O)C(C)N1CCNCC1. The van der Waals surface area contributed by atoms with Gasteiger partial charge < -0.3 is 10.6 Å². The normalized spacial score (nSPS) is 20.9. The number of nitrogens with zero attached hydrogens (tertiary/aromatic N) is 1. The molecule has 2 unspecified atom stereocenters. The molecule has 17 heavy (non-hydrogen) atoms. The van der Waals surface area contributed by atoms with Gasteiger partial charge in [0, 0.05) is 38.0 Å². The number of nitrogens with one attached hydrogen (secondary N) is 2. The topological polar surface area (TPSA) is 44.4 Å². The molecular weight excluding hydrogens is 234 g/mol. The van der Waals surface area contributed by atoms with Gasteiger partial charge in [-0.2, -0.15) is 11.8 Å². The van der Waals surface area contributed by atoms with Gasteiger partial charge in [0.1, 0.15) is 0 Å². The van der Waals surface area contributed by atoms with Gasteiger partial charge in [-0.15, -0.1) is 0 Å². The summed E-state index contributed by atoms with van der Waals surface area (Å²) in [6, 6.07) is 0.302. The summed E-state index contributed by atoms with van der Waals surface area (Å²) in [7, 11) is 0. The number of hydrogen-bond acceptors (Lipinski definition) is 4. The van der Waals surface area contributed by atoms with E-state index in [4.69, 9.17) is 0 Å². The molecule has 4 nitrogen and oxygen atoms in total. The molecule has 0 aromatic carbocycles. The number of hydrogen-bond donors (Lipinski definition) is 2. The first-order chi connectivity index (χ1) is 8.19. The zero-order chi connectivity index (χ0) is 12.7. The van der Waals surface area contributed by atoms with E-state index in [1.165, 1.54) is 0 Å². The summed E-state index contributed by atoms with van der Waals surface area (Å²) in [5, 5.41) is 6.45. The van der Waals surface area contributed by atoms with E-state index in [2.05, 4.69) is 28.7 Å². The average molecular weight is 259 g/mol. The van der Waals surface area contributed by atoms with Crippen molar-refractivity contribution in [2.45, 2.75) is 32.4 Å². The highest BCUT2D eigenvalue weighted by atomic mass is 32.2. The maximum Gasteiger partial charge on any atom is 0.237 e. The molecular formula is C12H25N3OS. The van der Waals surface area contributed by atoms with Crippen molar-refractivity contribution < 1.29 is 4.79 Å². The lowest BCUT2D eigenvalue weighted by molar-refractivity contribution is -0.126. The molecule has 0 saturated carbocycles. The van der Waals surface area contributed by atoms with Gasteiger partial charge in [-0.1, -0.05) is 6.92 Å². The van der Waals surface area contributed by atoms with E-state index in [1.54, 1.807) is 11.8 Å². The molecule has 1 saturated heterocycles. The van der Waals surface area contributed by atoms with Gasteiger partial charge in [-0.3, -0.25) is 9.69 Å². The first-order valence-electron chi connectivity index (χ1n) is 6.43. The minimum absolute atomic E-state index is 0.00648. The number of thioether (sulfide) groups is 1. The maximum atomic E-state index is 12.1. The molecule has 1 aliphatic rings. The van der Waals surface area contributed by atoms with Gasteiger partial charge in [-0.25, -0.2) is 0 Å². The number of amides is 1. The van der Waals surface area contributed by atoms with Crippen LogP contribution in [0.3, 0.4) is 0 Å². The van der Waals surface area contributed by atoms with Crippen LogP contribution in [0, 0.1) is 0 Å². The molecule has 0 aromatic heterocycles. The van der Waals surface area contributed by atoms with Crippen LogP contribution in [0.4, 0.5) is 0 Å². The molecule has 1 amide bonds. The number of carbonyl (C=O) groups excluding carboxylic acids is 1. The molecule has 0 bridgehead atoms. The third kappa shape index (κ3) is 4.85. The first kappa shape index (κ1) is 14.8. The Morgan fingerprint density at radius 3 is 2.65 bits per heavy atom. The zero-order valence-corrected chi connectivity index (χ0v) is 12.0. The minimum Gasteiger partial charge on any atom is -0.351 e. The monoisotopic (exact) mass is 259 g/mol. The molecule has 0 aliphatic carbocycles. The average Bonchev–Trinajstić information content (AvgIpc) is 2.38. The lowest BCUT2D eigenvalue weighted by Gasteiger charge is -2.32. The molecule has 1 rings (SSSR count). The van der Waals surface area contributed by atoms with Crippen molar-refractivity contribution in [1.82, 2.24) is 15.5 Å². The summed E-state index contributed by atoms with van der Waals surface area (Å²) in [4.78, 5) is 14.4. The summed E-state index contributed by atoms with van der Waals surface area (Å²) in [6.45, 7) is 8.03. The van der Waals surface area contributed by atoms with Crippen molar-refractivity contribution in [2.24, 2.45) is 0 Å². The molecule has 1 aliphatic heterocycles. The van der Waals surface area contributed by atoms with Gasteiger partial charge in [-0.05, 0) is 19.6 Å². The molecule has 2 atom stereocenters. The fraction of sp³-hybridized carbons (Fsp3) is 0.917. The first-order valence-corrected chi connectivity index (χ1v) is 7.82. The second-order valence-corrected chi connectivity index (χ2v) is 5.44. The van der Waals surface area contributed by atoms with Crippen molar-refractivity contribution in [3.8, 4) is 0 Å². The zero-order valence-electron chi connectivity index (χ0n) is 11.2. The summed E-state index contributed by atoms with van der Waals surface area (Å²) in [6.07, 6.45) is 3.08. The largest absolute Gasteiger partial charge is 0.351 e. The fourth-order valence-corrected chi connectivity index (χ4v) is 2.74. The minimum atomic E-state index is -0.00648. The predicted octanol–water partition coefficient (Wildman–Crippen LogP) is 0.538. The van der Waals surface area contributed by atoms with Gasteiger partial charge in [0.2, 0.25) is 5.91 Å². The molecule has 1 fully saturated rings. The number of piperazine rings is 1. The van der Waals surface area contributed by atoms with E-state index in [0.717, 1.165) is 38.4 Å². The second kappa shape index (κ2) is 7.95. The highest BCUT2D eigenvalue weighted by Crippen LogP contribution is 2.05. The lowest BCUT2D eigenvalue weighted by Crippen LogP contribution is -2.54. The van der Waals surface area contributed by atoms with Crippen LogP contribution in [0.25, 0.3) is 0 Å². The Bertz CT molecular complexity index is 232. The summed E-state index contributed by atoms with van der Waals surface area (Å²) < 4.78 is 0. The van der Waals surface area contributed by atoms with E-state index >= 15 is 0 Å². The predicted molar refractivity (Wildman–Crippen MR) is 74.5 cm³/mol. The van der Waals surface area contributed by atoms with E-state index in [-0.39, 0.29) is 11.9 Å². The van der Waals surface area contributed by atoms with Crippen molar-refractivity contribution in [1.29, 1.82) is 0 Å². The summed E-state index contributed by atoms with van der Waals surface area (Å²) in [5.41, 5.74) is 0. The molecule has 0 aromatic rings. The smallest absolute Gasteiger partial charge is 0.237 e. The maximum absolute atomic E-state index is 12.1. The highest BCUT2D eigenvalue weighted by Gasteiger charge is 2.23. The van der Waals surface area contributed by atoms with Crippen molar-refractivity contribution >= 4 is 17.7 Å². The van der Waals surface area contributed by atoms with E-state index in [0.29, 0.717) is 6.04 Å². The Labute approximate surface area is 109 Å². The van der Waals surface area contributed by atoms with Crippen LogP contribution in [-0.2, 0) is 4.79 Å². The van der Waals surface area contributed by atoms with Crippen LogP contribution >= 0.6 is 11.8 Å². The van der Waals surface area contributed by atoms with Crippen LogP contribution in [0.2, 0.25) is 0 Å². The van der Waals surface area contributed by atoms with E-state index in [1.807, 2.05) is 6.92 Å². The second-order valence-electron chi connectivity index (χ2n) is 4.53. The molecule has 100 valence electrons. The summed E-state index contributed by atoms with van der Waals surface area (Å²) >= 11 is 1.79. The van der Waals surface area contributed by atoms with Gasteiger partial charge in [0.15, 0.2) is 0 Å². The van der Waals surface area contributed by atoms with Crippen molar-refractivity contribution in [3.63, 3.8) is 0 Å². The molecule has 0 radical (unpaired) electrons. The van der Waals surface area contributed by atoms with Crippen LogP contribution < -0.4 is 10.6 Å². The fourth-order valence-electron chi connectivity index (χ4n) is 2.02. The van der Waals surface area contributed by atoms with Crippen LogP contribution in [-0.4, -0.2) is 61.1 Å². The lowest BCUT2D eigenvalue weighted by atomic mass is 10.2. The number of carbonyl (C=O) groups is 1. The molecule has 0 spiro atoms. The standard InChI is InChI=1S/C12H25N3OS/c1-4-11(9-17-3)14-12(16)10(2)15-7-5-13-6-8-15/h10-11,13H,4-9H2,1-3H3,(H,14,16). The Balaban J connectivity index is 2.39. The Hall–Kier alpha value is -0.260. The molecule has 1 heterocycles. The Morgan fingerprint density at radius 1 is 1.47 bits per heavy atom. The quantitative estimate of drug-likeness (QED) is 0.731. The van der Waals surface area contributed by atoms with Gasteiger partial charge in [0.25, 0.3) is 0 Å². The van der Waals surface area contributed by atoms with Gasteiger partial charge in [0.05, 0.1) is 6.04 Å². The Morgan fingerprint density at radius 2 is 2.12 bits per heavy atom. The van der Waals surface area contributed by atoms with Crippen LogP contribution in [0.1, 0.15) is 20.3 Å². The summed E-state index contributed by atoms with van der Waals surface area (Å²) in [5.74, 6) is 1.17. The highest BCUT2D eigenvalue weighted by molar-refractivity contribution is 7.98.